The zero-order valence-electron chi connectivity index (χ0n) is 7.53. The Kier molecular flexibility index (Phi) is 2.33. The first kappa shape index (κ1) is 8.72. The van der Waals surface area contributed by atoms with E-state index in [1.807, 2.05) is 16.0 Å². The molecule has 2 aromatic heterocycles. The fourth-order valence-corrected chi connectivity index (χ4v) is 2.25. The molecule has 0 aliphatic rings. The van der Waals surface area contributed by atoms with Gasteiger partial charge in [-0.3, -0.25) is 4.40 Å². The average Bonchev–Trinajstić information content (AvgIpc) is 2.63. The summed E-state index contributed by atoms with van der Waals surface area (Å²) in [5, 5.41) is 11.0. The molecule has 70 valence electrons. The molecule has 2 rings (SSSR count). The Morgan fingerprint density at radius 3 is 3.15 bits per heavy atom. The van der Waals surface area contributed by atoms with Crippen LogP contribution in [0.1, 0.15) is 24.7 Å². The molecule has 3 nitrogen and oxygen atoms in total. The number of hydrogen-bond acceptors (Lipinski definition) is 3. The summed E-state index contributed by atoms with van der Waals surface area (Å²) in [6.07, 6.45) is 4.14. The summed E-state index contributed by atoms with van der Waals surface area (Å²) in [7, 11) is 0. The SMILES string of the molecule is CCCc1cn2c(CO)csc2n1. The molecule has 0 fully saturated rings. The van der Waals surface area contributed by atoms with E-state index in [9.17, 15) is 0 Å². The quantitative estimate of drug-likeness (QED) is 0.813. The molecule has 0 spiro atoms. The van der Waals surface area contributed by atoms with E-state index >= 15 is 0 Å². The highest BCUT2D eigenvalue weighted by atomic mass is 32.1. The summed E-state index contributed by atoms with van der Waals surface area (Å²) in [5.41, 5.74) is 2.04. The number of fused-ring (bicyclic) bond motifs is 1. The first-order valence-electron chi connectivity index (χ1n) is 4.40. The molecule has 0 aliphatic carbocycles. The number of aliphatic hydroxyl groups is 1. The van der Waals surface area contributed by atoms with Crippen molar-refractivity contribution in [3.05, 3.63) is 23.0 Å². The second-order valence-electron chi connectivity index (χ2n) is 3.02. The number of aromatic nitrogens is 2. The van der Waals surface area contributed by atoms with Crippen molar-refractivity contribution < 1.29 is 5.11 Å². The minimum atomic E-state index is 0.0852. The van der Waals surface area contributed by atoms with E-state index in [1.54, 1.807) is 11.3 Å². The van der Waals surface area contributed by atoms with Crippen LogP contribution in [0.15, 0.2) is 11.6 Å². The molecule has 1 N–H and O–H groups in total. The summed E-state index contributed by atoms with van der Waals surface area (Å²) in [4.78, 5) is 5.42. The number of rotatable bonds is 3. The Bertz CT molecular complexity index is 405. The largest absolute Gasteiger partial charge is 0.390 e. The lowest BCUT2D eigenvalue weighted by atomic mass is 10.3. The van der Waals surface area contributed by atoms with Gasteiger partial charge in [0.1, 0.15) is 0 Å². The third-order valence-electron chi connectivity index (χ3n) is 2.00. The first-order valence-corrected chi connectivity index (χ1v) is 5.28. The molecule has 0 amide bonds. The second kappa shape index (κ2) is 3.47. The lowest BCUT2D eigenvalue weighted by molar-refractivity contribution is 0.276. The minimum Gasteiger partial charge on any atom is -0.390 e. The molecule has 0 aliphatic heterocycles. The van der Waals surface area contributed by atoms with Crippen molar-refractivity contribution in [3.63, 3.8) is 0 Å². The molecule has 0 atom stereocenters. The van der Waals surface area contributed by atoms with Gasteiger partial charge in [0, 0.05) is 11.6 Å². The van der Waals surface area contributed by atoms with Crippen molar-refractivity contribution in [2.75, 3.05) is 0 Å². The van der Waals surface area contributed by atoms with Crippen LogP contribution in [-0.4, -0.2) is 14.5 Å². The fourth-order valence-electron chi connectivity index (χ4n) is 1.37. The number of nitrogens with zero attached hydrogens (tertiary/aromatic N) is 2. The summed E-state index contributed by atoms with van der Waals surface area (Å²) in [5.74, 6) is 0. The van der Waals surface area contributed by atoms with Gasteiger partial charge >= 0.3 is 0 Å². The van der Waals surface area contributed by atoms with Crippen molar-refractivity contribution in [1.29, 1.82) is 0 Å². The van der Waals surface area contributed by atoms with Gasteiger partial charge in [0.05, 0.1) is 18.0 Å². The molecule has 13 heavy (non-hydrogen) atoms. The Morgan fingerprint density at radius 2 is 2.46 bits per heavy atom. The molecule has 0 radical (unpaired) electrons. The predicted molar refractivity (Wildman–Crippen MR) is 53.0 cm³/mol. The van der Waals surface area contributed by atoms with E-state index < -0.39 is 0 Å². The van der Waals surface area contributed by atoms with Crippen LogP contribution in [0.2, 0.25) is 0 Å². The monoisotopic (exact) mass is 196 g/mol. The molecular formula is C9H12N2OS. The summed E-state index contributed by atoms with van der Waals surface area (Å²) in [6, 6.07) is 0. The number of thiazole rings is 1. The standard InChI is InChI=1S/C9H12N2OS/c1-2-3-7-4-11-8(5-12)6-13-9(11)10-7/h4,6,12H,2-3,5H2,1H3. The van der Waals surface area contributed by atoms with E-state index in [0.29, 0.717) is 0 Å². The fraction of sp³-hybridized carbons (Fsp3) is 0.444. The van der Waals surface area contributed by atoms with Crippen LogP contribution in [0, 0.1) is 0 Å². The molecule has 4 heteroatoms. The zero-order valence-corrected chi connectivity index (χ0v) is 8.34. The summed E-state index contributed by atoms with van der Waals surface area (Å²) < 4.78 is 1.97. The van der Waals surface area contributed by atoms with Gasteiger partial charge in [-0.1, -0.05) is 13.3 Å². The van der Waals surface area contributed by atoms with Crippen molar-refractivity contribution in [1.82, 2.24) is 9.38 Å². The molecule has 2 aromatic rings. The van der Waals surface area contributed by atoms with Crippen molar-refractivity contribution in [3.8, 4) is 0 Å². The Hall–Kier alpha value is -0.870. The molecule has 0 aromatic carbocycles. The van der Waals surface area contributed by atoms with Gasteiger partial charge in [0.2, 0.25) is 0 Å². The lowest BCUT2D eigenvalue weighted by Crippen LogP contribution is -1.88. The van der Waals surface area contributed by atoms with Gasteiger partial charge in [-0.15, -0.1) is 11.3 Å². The maximum atomic E-state index is 9.02. The van der Waals surface area contributed by atoms with Crippen molar-refractivity contribution >= 4 is 16.3 Å². The summed E-state index contributed by atoms with van der Waals surface area (Å²) in [6.45, 7) is 2.22. The molecule has 2 heterocycles. The van der Waals surface area contributed by atoms with Crippen molar-refractivity contribution in [2.24, 2.45) is 0 Å². The third kappa shape index (κ3) is 1.47. The van der Waals surface area contributed by atoms with E-state index in [-0.39, 0.29) is 6.61 Å². The second-order valence-corrected chi connectivity index (χ2v) is 3.86. The minimum absolute atomic E-state index is 0.0852. The van der Waals surface area contributed by atoms with E-state index in [1.165, 1.54) is 0 Å². The van der Waals surface area contributed by atoms with Crippen LogP contribution in [0.4, 0.5) is 0 Å². The van der Waals surface area contributed by atoms with Crippen molar-refractivity contribution in [2.45, 2.75) is 26.4 Å². The molecule has 0 unspecified atom stereocenters. The number of aryl methyl sites for hydroxylation is 1. The maximum Gasteiger partial charge on any atom is 0.194 e. The predicted octanol–water partition coefficient (Wildman–Crippen LogP) is 1.84. The lowest BCUT2D eigenvalue weighted by Gasteiger charge is -1.90. The summed E-state index contributed by atoms with van der Waals surface area (Å²) >= 11 is 1.58. The average molecular weight is 196 g/mol. The van der Waals surface area contributed by atoms with Crippen LogP contribution in [0.5, 0.6) is 0 Å². The Labute approximate surface area is 80.7 Å². The van der Waals surface area contributed by atoms with Gasteiger partial charge in [0.15, 0.2) is 4.96 Å². The van der Waals surface area contributed by atoms with Crippen LogP contribution in [0.3, 0.4) is 0 Å². The van der Waals surface area contributed by atoms with Crippen LogP contribution in [0.25, 0.3) is 4.96 Å². The van der Waals surface area contributed by atoms with Gasteiger partial charge in [0.25, 0.3) is 0 Å². The van der Waals surface area contributed by atoms with Crippen LogP contribution < -0.4 is 0 Å². The van der Waals surface area contributed by atoms with Gasteiger partial charge in [-0.25, -0.2) is 4.98 Å². The molecule has 0 saturated carbocycles. The van der Waals surface area contributed by atoms with Crippen LogP contribution in [-0.2, 0) is 13.0 Å². The van der Waals surface area contributed by atoms with Gasteiger partial charge in [-0.2, -0.15) is 0 Å². The topological polar surface area (TPSA) is 37.5 Å². The highest BCUT2D eigenvalue weighted by Crippen LogP contribution is 2.17. The third-order valence-corrected chi connectivity index (χ3v) is 2.89. The van der Waals surface area contributed by atoms with E-state index in [4.69, 9.17) is 5.11 Å². The molecule has 0 bridgehead atoms. The first-order chi connectivity index (χ1) is 6.35. The number of hydrogen-bond donors (Lipinski definition) is 1. The zero-order chi connectivity index (χ0) is 9.26. The van der Waals surface area contributed by atoms with E-state index in [0.717, 1.165) is 29.2 Å². The van der Waals surface area contributed by atoms with Gasteiger partial charge < -0.3 is 5.11 Å². The number of imidazole rings is 1. The van der Waals surface area contributed by atoms with Gasteiger partial charge in [-0.05, 0) is 6.42 Å². The Balaban J connectivity index is 2.44. The van der Waals surface area contributed by atoms with Crippen LogP contribution >= 0.6 is 11.3 Å². The Morgan fingerprint density at radius 1 is 1.62 bits per heavy atom. The molecular weight excluding hydrogens is 184 g/mol. The maximum absolute atomic E-state index is 9.02. The normalized spacial score (nSPS) is 11.2. The highest BCUT2D eigenvalue weighted by Gasteiger charge is 2.05. The highest BCUT2D eigenvalue weighted by molar-refractivity contribution is 7.15. The van der Waals surface area contributed by atoms with E-state index in [2.05, 4.69) is 11.9 Å². The molecule has 0 saturated heterocycles. The smallest absolute Gasteiger partial charge is 0.194 e. The number of aliphatic hydroxyl groups excluding tert-OH is 1.